The lowest BCUT2D eigenvalue weighted by Gasteiger charge is -2.29. The number of aryl methyl sites for hydroxylation is 1. The minimum atomic E-state index is -1.24. The number of ether oxygens (including phenoxy) is 2. The highest BCUT2D eigenvalue weighted by molar-refractivity contribution is 6.15. The van der Waals surface area contributed by atoms with Crippen molar-refractivity contribution < 1.29 is 19.1 Å². The molecule has 0 unspecified atom stereocenters. The van der Waals surface area contributed by atoms with E-state index in [-0.39, 0.29) is 5.57 Å². The highest BCUT2D eigenvalue weighted by atomic mass is 16.7. The fraction of sp³-hybridized carbons (Fsp3) is 0.235. The Hall–Kier alpha value is -3.09. The van der Waals surface area contributed by atoms with Crippen molar-refractivity contribution >= 4 is 17.6 Å². The quantitative estimate of drug-likeness (QED) is 0.529. The molecule has 0 radical (unpaired) electrons. The molecule has 1 aliphatic heterocycles. The van der Waals surface area contributed by atoms with Gasteiger partial charge in [0.05, 0.1) is 11.9 Å². The van der Waals surface area contributed by atoms with Crippen molar-refractivity contribution in [2.45, 2.75) is 26.6 Å². The number of aromatic nitrogens is 2. The van der Waals surface area contributed by atoms with Crippen LogP contribution in [0.1, 0.15) is 19.4 Å². The fourth-order valence-electron chi connectivity index (χ4n) is 2.20. The van der Waals surface area contributed by atoms with E-state index in [9.17, 15) is 9.59 Å². The largest absolute Gasteiger partial charge is 0.419 e. The van der Waals surface area contributed by atoms with Crippen LogP contribution in [0.25, 0.3) is 5.69 Å². The van der Waals surface area contributed by atoms with Crippen LogP contribution < -0.4 is 5.32 Å². The van der Waals surface area contributed by atoms with Gasteiger partial charge in [0.15, 0.2) is 5.57 Å². The van der Waals surface area contributed by atoms with E-state index in [0.29, 0.717) is 5.69 Å². The first-order valence-corrected chi connectivity index (χ1v) is 7.39. The van der Waals surface area contributed by atoms with Crippen molar-refractivity contribution in [2.24, 2.45) is 0 Å². The van der Waals surface area contributed by atoms with E-state index in [1.165, 1.54) is 20.0 Å². The number of benzene rings is 1. The smallest absolute Gasteiger partial charge is 0.350 e. The minimum Gasteiger partial charge on any atom is -0.419 e. The number of hydrogen-bond donors (Lipinski definition) is 1. The van der Waals surface area contributed by atoms with Crippen molar-refractivity contribution in [2.75, 3.05) is 5.32 Å². The van der Waals surface area contributed by atoms with Gasteiger partial charge in [-0.3, -0.25) is 0 Å². The van der Waals surface area contributed by atoms with Crippen LogP contribution in [-0.4, -0.2) is 27.5 Å². The summed E-state index contributed by atoms with van der Waals surface area (Å²) in [6.45, 7) is 4.97. The second-order valence-electron chi connectivity index (χ2n) is 5.89. The summed E-state index contributed by atoms with van der Waals surface area (Å²) in [6, 6.07) is 7.36. The minimum absolute atomic E-state index is 0.180. The van der Waals surface area contributed by atoms with Crippen LogP contribution >= 0.6 is 0 Å². The summed E-state index contributed by atoms with van der Waals surface area (Å²) in [5.74, 6) is -2.67. The number of esters is 2. The molecule has 0 saturated carbocycles. The van der Waals surface area contributed by atoms with Gasteiger partial charge in [0.1, 0.15) is 0 Å². The van der Waals surface area contributed by atoms with Crippen LogP contribution in [0.3, 0.4) is 0 Å². The first-order chi connectivity index (χ1) is 11.3. The topological polar surface area (TPSA) is 82.5 Å². The summed E-state index contributed by atoms with van der Waals surface area (Å²) in [6.07, 6.45) is 4.98. The standard InChI is InChI=1S/C17H17N3O4/c1-11-8-19-20(10-11)13-6-4-12(5-7-13)18-9-14-15(21)23-17(2,3)24-16(14)22/h4-10,18H,1-3H3. The molecule has 2 heterocycles. The maximum absolute atomic E-state index is 11.8. The lowest BCUT2D eigenvalue weighted by atomic mass is 10.2. The number of nitrogens with zero attached hydrogens (tertiary/aromatic N) is 2. The monoisotopic (exact) mass is 327 g/mol. The Morgan fingerprint density at radius 1 is 1.12 bits per heavy atom. The highest BCUT2D eigenvalue weighted by Gasteiger charge is 2.38. The van der Waals surface area contributed by atoms with E-state index >= 15 is 0 Å². The molecule has 0 spiro atoms. The van der Waals surface area contributed by atoms with Crippen LogP contribution in [-0.2, 0) is 19.1 Å². The third-order valence-electron chi connectivity index (χ3n) is 3.34. The fourth-order valence-corrected chi connectivity index (χ4v) is 2.20. The van der Waals surface area contributed by atoms with E-state index < -0.39 is 17.7 Å². The van der Waals surface area contributed by atoms with Crippen LogP contribution in [0.5, 0.6) is 0 Å². The summed E-state index contributed by atoms with van der Waals surface area (Å²) in [5.41, 5.74) is 2.50. The number of carbonyl (C=O) groups excluding carboxylic acids is 2. The zero-order valence-corrected chi connectivity index (χ0v) is 13.6. The predicted octanol–water partition coefficient (Wildman–Crippen LogP) is 2.31. The van der Waals surface area contributed by atoms with Gasteiger partial charge in [-0.2, -0.15) is 5.10 Å². The molecule has 124 valence electrons. The first kappa shape index (κ1) is 15.8. The molecule has 3 rings (SSSR count). The predicted molar refractivity (Wildman–Crippen MR) is 86.3 cm³/mol. The molecular weight excluding hydrogens is 310 g/mol. The molecule has 0 atom stereocenters. The summed E-state index contributed by atoms with van der Waals surface area (Å²) in [4.78, 5) is 23.7. The summed E-state index contributed by atoms with van der Waals surface area (Å²) in [5, 5.41) is 7.12. The van der Waals surface area contributed by atoms with Gasteiger partial charge in [0.25, 0.3) is 5.79 Å². The van der Waals surface area contributed by atoms with Crippen LogP contribution in [0.2, 0.25) is 0 Å². The van der Waals surface area contributed by atoms with Crippen molar-refractivity contribution in [3.63, 3.8) is 0 Å². The Kier molecular flexibility index (Phi) is 3.84. The summed E-state index contributed by atoms with van der Waals surface area (Å²) in [7, 11) is 0. The van der Waals surface area contributed by atoms with Crippen molar-refractivity contribution in [3.05, 3.63) is 54.0 Å². The van der Waals surface area contributed by atoms with Gasteiger partial charge in [-0.25, -0.2) is 14.3 Å². The Bertz CT molecular complexity index is 797. The van der Waals surface area contributed by atoms with Crippen molar-refractivity contribution in [1.29, 1.82) is 0 Å². The average Bonchev–Trinajstić information content (AvgIpc) is 2.92. The lowest BCUT2D eigenvalue weighted by molar-refractivity contribution is -0.222. The van der Waals surface area contributed by atoms with Crippen LogP contribution in [0.15, 0.2) is 48.4 Å². The van der Waals surface area contributed by atoms with E-state index in [1.54, 1.807) is 10.9 Å². The van der Waals surface area contributed by atoms with Gasteiger partial charge in [0, 0.05) is 31.9 Å². The molecular formula is C17H17N3O4. The second-order valence-corrected chi connectivity index (χ2v) is 5.89. The molecule has 0 bridgehead atoms. The van der Waals surface area contributed by atoms with Crippen LogP contribution in [0.4, 0.5) is 5.69 Å². The van der Waals surface area contributed by atoms with Gasteiger partial charge < -0.3 is 14.8 Å². The lowest BCUT2D eigenvalue weighted by Crippen LogP contribution is -2.42. The maximum atomic E-state index is 11.8. The van der Waals surface area contributed by atoms with Crippen LogP contribution in [0, 0.1) is 6.92 Å². The van der Waals surface area contributed by atoms with Gasteiger partial charge in [0.2, 0.25) is 0 Å². The third kappa shape index (κ3) is 3.29. The molecule has 2 aromatic rings. The van der Waals surface area contributed by atoms with Gasteiger partial charge in [-0.15, -0.1) is 0 Å². The van der Waals surface area contributed by atoms with Gasteiger partial charge >= 0.3 is 11.9 Å². The molecule has 7 nitrogen and oxygen atoms in total. The highest BCUT2D eigenvalue weighted by Crippen LogP contribution is 2.23. The van der Waals surface area contributed by atoms with E-state index in [0.717, 1.165) is 11.3 Å². The van der Waals surface area contributed by atoms with Gasteiger partial charge in [-0.1, -0.05) is 0 Å². The van der Waals surface area contributed by atoms with Crippen molar-refractivity contribution in [1.82, 2.24) is 9.78 Å². The second kappa shape index (κ2) is 5.84. The van der Waals surface area contributed by atoms with E-state index in [2.05, 4.69) is 10.4 Å². The Labute approximate surface area is 138 Å². The summed E-state index contributed by atoms with van der Waals surface area (Å²) < 4.78 is 11.8. The molecule has 1 fully saturated rings. The zero-order valence-electron chi connectivity index (χ0n) is 13.6. The molecule has 0 amide bonds. The number of nitrogens with one attached hydrogen (secondary N) is 1. The first-order valence-electron chi connectivity index (χ1n) is 7.39. The van der Waals surface area contributed by atoms with Gasteiger partial charge in [-0.05, 0) is 36.8 Å². The molecule has 1 aromatic carbocycles. The maximum Gasteiger partial charge on any atom is 0.350 e. The Morgan fingerprint density at radius 2 is 1.75 bits per heavy atom. The SMILES string of the molecule is Cc1cnn(-c2ccc(NC=C3C(=O)OC(C)(C)OC3=O)cc2)c1. The molecule has 1 aliphatic rings. The number of rotatable bonds is 3. The molecule has 1 N–H and O–H groups in total. The Balaban J connectivity index is 1.72. The normalized spacial score (nSPS) is 16.4. The number of anilines is 1. The molecule has 7 heteroatoms. The van der Waals surface area contributed by atoms with Crippen molar-refractivity contribution in [3.8, 4) is 5.69 Å². The third-order valence-corrected chi connectivity index (χ3v) is 3.34. The molecule has 1 saturated heterocycles. The van der Waals surface area contributed by atoms with E-state index in [4.69, 9.17) is 9.47 Å². The molecule has 0 aliphatic carbocycles. The number of cyclic esters (lactones) is 2. The van der Waals surface area contributed by atoms with E-state index in [1.807, 2.05) is 37.4 Å². The number of hydrogen-bond acceptors (Lipinski definition) is 6. The Morgan fingerprint density at radius 3 is 2.29 bits per heavy atom. The summed E-state index contributed by atoms with van der Waals surface area (Å²) >= 11 is 0. The molecule has 24 heavy (non-hydrogen) atoms. The zero-order chi connectivity index (χ0) is 17.3. The molecule has 1 aromatic heterocycles. The number of carbonyl (C=O) groups is 2. The average molecular weight is 327 g/mol.